The molecule has 1 aromatic rings. The number of ether oxygens (including phenoxy) is 1. The van der Waals surface area contributed by atoms with Crippen LogP contribution in [-0.2, 0) is 9.59 Å². The van der Waals surface area contributed by atoms with E-state index >= 15 is 0 Å². The molecule has 0 aliphatic carbocycles. The van der Waals surface area contributed by atoms with Crippen LogP contribution >= 0.6 is 23.2 Å². The van der Waals surface area contributed by atoms with Crippen LogP contribution in [0.2, 0.25) is 10.0 Å². The van der Waals surface area contributed by atoms with E-state index in [4.69, 9.17) is 27.9 Å². The van der Waals surface area contributed by atoms with Crippen LogP contribution in [0.4, 0.5) is 0 Å². The van der Waals surface area contributed by atoms with Gasteiger partial charge in [0, 0.05) is 37.5 Å². The van der Waals surface area contributed by atoms with E-state index < -0.39 is 0 Å². The van der Waals surface area contributed by atoms with E-state index in [9.17, 15) is 9.59 Å². The van der Waals surface area contributed by atoms with Crippen LogP contribution in [0.1, 0.15) is 44.9 Å². The molecule has 0 spiro atoms. The fourth-order valence-corrected chi connectivity index (χ4v) is 3.33. The fourth-order valence-electron chi connectivity index (χ4n) is 2.87. The maximum absolute atomic E-state index is 11.9. The van der Waals surface area contributed by atoms with Crippen molar-refractivity contribution in [3.8, 4) is 5.75 Å². The summed E-state index contributed by atoms with van der Waals surface area (Å²) in [6, 6.07) is 5.06. The molecule has 7 heteroatoms. The Hall–Kier alpha value is -1.46. The molecule has 0 bridgehead atoms. The van der Waals surface area contributed by atoms with Crippen LogP contribution in [0.15, 0.2) is 18.2 Å². The second-order valence-corrected chi connectivity index (χ2v) is 7.27. The number of amides is 2. The lowest BCUT2D eigenvalue weighted by atomic mass is 10.2. The zero-order chi connectivity index (χ0) is 18.8. The van der Waals surface area contributed by atoms with E-state index in [1.165, 1.54) is 0 Å². The number of nitrogens with zero attached hydrogens (tertiary/aromatic N) is 1. The quantitative estimate of drug-likeness (QED) is 0.635. The smallest absolute Gasteiger partial charge is 0.222 e. The van der Waals surface area contributed by atoms with E-state index in [1.54, 1.807) is 18.2 Å². The second kappa shape index (κ2) is 11.3. The van der Waals surface area contributed by atoms with E-state index in [-0.39, 0.29) is 11.8 Å². The molecule has 5 nitrogen and oxygen atoms in total. The van der Waals surface area contributed by atoms with Gasteiger partial charge in [0.25, 0.3) is 0 Å². The largest absolute Gasteiger partial charge is 0.492 e. The lowest BCUT2D eigenvalue weighted by Gasteiger charge is -2.20. The molecule has 26 heavy (non-hydrogen) atoms. The van der Waals surface area contributed by atoms with Crippen molar-refractivity contribution in [2.45, 2.75) is 44.9 Å². The molecule has 0 atom stereocenters. The molecule has 1 aliphatic heterocycles. The molecule has 1 heterocycles. The zero-order valence-electron chi connectivity index (χ0n) is 14.9. The third-order valence-electron chi connectivity index (χ3n) is 4.30. The minimum absolute atomic E-state index is 0.00186. The molecule has 0 aromatic heterocycles. The highest BCUT2D eigenvalue weighted by atomic mass is 35.5. The van der Waals surface area contributed by atoms with Crippen molar-refractivity contribution in [2.75, 3.05) is 26.2 Å². The summed E-state index contributed by atoms with van der Waals surface area (Å²) in [4.78, 5) is 25.6. The molecule has 2 rings (SSSR count). The van der Waals surface area contributed by atoms with Crippen LogP contribution in [-0.4, -0.2) is 43.0 Å². The Morgan fingerprint density at radius 2 is 2.04 bits per heavy atom. The van der Waals surface area contributed by atoms with Gasteiger partial charge in [0.1, 0.15) is 5.75 Å². The fraction of sp³-hybridized carbons (Fsp3) is 0.579. The molecule has 1 N–H and O–H groups in total. The molecule has 1 aliphatic rings. The van der Waals surface area contributed by atoms with Crippen molar-refractivity contribution < 1.29 is 14.3 Å². The Labute approximate surface area is 165 Å². The molecule has 0 saturated carbocycles. The third kappa shape index (κ3) is 7.42. The predicted octanol–water partition coefficient (Wildman–Crippen LogP) is 4.06. The number of benzene rings is 1. The second-order valence-electron chi connectivity index (χ2n) is 6.42. The highest BCUT2D eigenvalue weighted by molar-refractivity contribution is 6.35. The van der Waals surface area contributed by atoms with Gasteiger partial charge in [-0.3, -0.25) is 9.59 Å². The van der Waals surface area contributed by atoms with Gasteiger partial charge in [-0.15, -0.1) is 0 Å². The number of carbonyl (C=O) groups is 2. The van der Waals surface area contributed by atoms with Gasteiger partial charge in [-0.25, -0.2) is 0 Å². The normalized spacial score (nSPS) is 14.8. The van der Waals surface area contributed by atoms with Crippen LogP contribution in [0, 0.1) is 0 Å². The summed E-state index contributed by atoms with van der Waals surface area (Å²) in [5.41, 5.74) is 0. The highest BCUT2D eigenvalue weighted by Crippen LogP contribution is 2.27. The van der Waals surface area contributed by atoms with Crippen molar-refractivity contribution >= 4 is 35.0 Å². The van der Waals surface area contributed by atoms with Crippen molar-refractivity contribution in [1.29, 1.82) is 0 Å². The zero-order valence-corrected chi connectivity index (χ0v) is 16.4. The number of carbonyl (C=O) groups excluding carboxylic acids is 2. The number of hydrogen-bond donors (Lipinski definition) is 1. The number of halogens is 2. The Morgan fingerprint density at radius 1 is 1.19 bits per heavy atom. The molecule has 1 saturated heterocycles. The topological polar surface area (TPSA) is 58.6 Å². The van der Waals surface area contributed by atoms with Gasteiger partial charge in [-0.2, -0.15) is 0 Å². The van der Waals surface area contributed by atoms with Gasteiger partial charge in [0.05, 0.1) is 11.6 Å². The van der Waals surface area contributed by atoms with Crippen LogP contribution in [0.3, 0.4) is 0 Å². The Morgan fingerprint density at radius 3 is 2.85 bits per heavy atom. The van der Waals surface area contributed by atoms with Gasteiger partial charge >= 0.3 is 0 Å². The maximum atomic E-state index is 11.9. The van der Waals surface area contributed by atoms with E-state index in [0.29, 0.717) is 48.2 Å². The SMILES string of the molecule is O=C(CCCOc1ccc(Cl)cc1Cl)NCCCN1CCCCCC1=O. The summed E-state index contributed by atoms with van der Waals surface area (Å²) in [6.07, 6.45) is 5.65. The van der Waals surface area contributed by atoms with Crippen molar-refractivity contribution in [2.24, 2.45) is 0 Å². The predicted molar refractivity (Wildman–Crippen MR) is 104 cm³/mol. The number of rotatable bonds is 9. The average molecular weight is 401 g/mol. The van der Waals surface area contributed by atoms with Gasteiger partial charge in [0.15, 0.2) is 0 Å². The van der Waals surface area contributed by atoms with Crippen molar-refractivity contribution in [3.63, 3.8) is 0 Å². The van der Waals surface area contributed by atoms with E-state index in [0.717, 1.165) is 38.8 Å². The van der Waals surface area contributed by atoms with Gasteiger partial charge in [0.2, 0.25) is 11.8 Å². The molecule has 1 fully saturated rings. The molecular formula is C19H26Cl2N2O3. The molecule has 1 aromatic carbocycles. The Bertz CT molecular complexity index is 610. The summed E-state index contributed by atoms with van der Waals surface area (Å²) >= 11 is 11.9. The first-order valence-electron chi connectivity index (χ1n) is 9.18. The Kier molecular flexibility index (Phi) is 9.06. The summed E-state index contributed by atoms with van der Waals surface area (Å²) in [5.74, 6) is 0.809. The van der Waals surface area contributed by atoms with E-state index in [1.807, 2.05) is 4.90 Å². The monoisotopic (exact) mass is 400 g/mol. The summed E-state index contributed by atoms with van der Waals surface area (Å²) in [6.45, 7) is 2.57. The molecule has 0 unspecified atom stereocenters. The lowest BCUT2D eigenvalue weighted by Crippen LogP contribution is -2.34. The van der Waals surface area contributed by atoms with Crippen LogP contribution in [0.5, 0.6) is 5.75 Å². The van der Waals surface area contributed by atoms with Gasteiger partial charge in [-0.1, -0.05) is 29.6 Å². The number of hydrogen-bond acceptors (Lipinski definition) is 3. The van der Waals surface area contributed by atoms with Gasteiger partial charge < -0.3 is 15.0 Å². The summed E-state index contributed by atoms with van der Waals surface area (Å²) in [7, 11) is 0. The van der Waals surface area contributed by atoms with Crippen LogP contribution < -0.4 is 10.1 Å². The van der Waals surface area contributed by atoms with Crippen LogP contribution in [0.25, 0.3) is 0 Å². The van der Waals surface area contributed by atoms with Gasteiger partial charge in [-0.05, 0) is 43.9 Å². The average Bonchev–Trinajstić information content (AvgIpc) is 2.81. The Balaban J connectivity index is 1.54. The third-order valence-corrected chi connectivity index (χ3v) is 4.83. The molecular weight excluding hydrogens is 375 g/mol. The standard InChI is InChI=1S/C19H26Cl2N2O3/c20-15-8-9-17(16(21)14-15)26-13-4-6-18(24)22-10-5-12-23-11-3-1-2-7-19(23)25/h8-9,14H,1-7,10-13H2,(H,22,24). The first-order chi connectivity index (χ1) is 12.6. The summed E-state index contributed by atoms with van der Waals surface area (Å²) < 4.78 is 5.56. The van der Waals surface area contributed by atoms with Crippen molar-refractivity contribution in [1.82, 2.24) is 10.2 Å². The number of nitrogens with one attached hydrogen (secondary N) is 1. The minimum atomic E-state index is -0.00186. The summed E-state index contributed by atoms with van der Waals surface area (Å²) in [5, 5.41) is 3.92. The highest BCUT2D eigenvalue weighted by Gasteiger charge is 2.15. The lowest BCUT2D eigenvalue weighted by molar-refractivity contribution is -0.130. The first kappa shape index (κ1) is 20.8. The number of likely N-dealkylation sites (tertiary alicyclic amines) is 1. The maximum Gasteiger partial charge on any atom is 0.222 e. The minimum Gasteiger partial charge on any atom is -0.492 e. The molecule has 144 valence electrons. The van der Waals surface area contributed by atoms with Crippen molar-refractivity contribution in [3.05, 3.63) is 28.2 Å². The van der Waals surface area contributed by atoms with E-state index in [2.05, 4.69) is 5.32 Å². The molecule has 0 radical (unpaired) electrons. The molecule has 2 amide bonds. The first-order valence-corrected chi connectivity index (χ1v) is 9.94.